The summed E-state index contributed by atoms with van der Waals surface area (Å²) in [4.78, 5) is 23.8. The lowest BCUT2D eigenvalue weighted by Gasteiger charge is -2.11. The molecule has 0 unspecified atom stereocenters. The number of hydrogen-bond donors (Lipinski definition) is 2. The Kier molecular flexibility index (Phi) is 7.49. The third-order valence-corrected chi connectivity index (χ3v) is 3.68. The summed E-state index contributed by atoms with van der Waals surface area (Å²) >= 11 is 0. The minimum Gasteiger partial charge on any atom is -0.497 e. The minimum absolute atomic E-state index is 0.306. The van der Waals surface area contributed by atoms with Crippen LogP contribution in [0.4, 0.5) is 10.5 Å². The second-order valence-corrected chi connectivity index (χ2v) is 5.74. The molecular weight excluding hydrogens is 348 g/mol. The molecular formula is C20H24N2O5. The number of anilines is 1. The zero-order valence-corrected chi connectivity index (χ0v) is 15.7. The van der Waals surface area contributed by atoms with Crippen molar-refractivity contribution >= 4 is 17.7 Å². The van der Waals surface area contributed by atoms with Gasteiger partial charge in [-0.2, -0.15) is 0 Å². The van der Waals surface area contributed by atoms with Crippen LogP contribution in [0.2, 0.25) is 0 Å². The average molecular weight is 372 g/mol. The Balaban J connectivity index is 1.89. The number of nitrogens with one attached hydrogen (secondary N) is 2. The van der Waals surface area contributed by atoms with Crippen LogP contribution in [0.15, 0.2) is 42.5 Å². The normalized spacial score (nSPS) is 10.0. The summed E-state index contributed by atoms with van der Waals surface area (Å²) in [6.45, 7) is 2.62. The molecule has 0 saturated carbocycles. The molecule has 2 rings (SSSR count). The van der Waals surface area contributed by atoms with Crippen LogP contribution in [0, 0.1) is 0 Å². The molecule has 0 atom stereocenters. The first-order chi connectivity index (χ1) is 13.0. The highest BCUT2D eigenvalue weighted by atomic mass is 16.5. The van der Waals surface area contributed by atoms with Crippen molar-refractivity contribution in [2.75, 3.05) is 26.1 Å². The topological polar surface area (TPSA) is 85.9 Å². The SMILES string of the molecule is CCCOC(=O)c1ccc(NC(=O)NCc2cc(OC)cc(OC)c2)cc1. The molecule has 0 radical (unpaired) electrons. The Morgan fingerprint density at radius 2 is 1.59 bits per heavy atom. The van der Waals surface area contributed by atoms with Crippen molar-refractivity contribution < 1.29 is 23.8 Å². The van der Waals surface area contributed by atoms with Crippen molar-refractivity contribution in [3.05, 3.63) is 53.6 Å². The number of esters is 1. The summed E-state index contributed by atoms with van der Waals surface area (Å²) in [7, 11) is 3.14. The van der Waals surface area contributed by atoms with Gasteiger partial charge >= 0.3 is 12.0 Å². The van der Waals surface area contributed by atoms with Crippen molar-refractivity contribution in [3.63, 3.8) is 0 Å². The summed E-state index contributed by atoms with van der Waals surface area (Å²) in [5, 5.41) is 5.48. The molecule has 0 aliphatic heterocycles. The molecule has 0 aliphatic carbocycles. The van der Waals surface area contributed by atoms with E-state index in [4.69, 9.17) is 14.2 Å². The average Bonchev–Trinajstić information content (AvgIpc) is 2.70. The molecule has 7 nitrogen and oxygen atoms in total. The Hall–Kier alpha value is -3.22. The van der Waals surface area contributed by atoms with Gasteiger partial charge in [0.05, 0.1) is 26.4 Å². The first-order valence-electron chi connectivity index (χ1n) is 8.59. The largest absolute Gasteiger partial charge is 0.497 e. The van der Waals surface area contributed by atoms with E-state index >= 15 is 0 Å². The fourth-order valence-electron chi connectivity index (χ4n) is 2.29. The highest BCUT2D eigenvalue weighted by Gasteiger charge is 2.08. The molecule has 2 N–H and O–H groups in total. The highest BCUT2D eigenvalue weighted by Crippen LogP contribution is 2.22. The van der Waals surface area contributed by atoms with E-state index in [-0.39, 0.29) is 12.0 Å². The first kappa shape index (κ1) is 20.1. The van der Waals surface area contributed by atoms with Crippen LogP contribution in [-0.2, 0) is 11.3 Å². The Labute approximate surface area is 158 Å². The van der Waals surface area contributed by atoms with Crippen molar-refractivity contribution in [3.8, 4) is 11.5 Å². The third kappa shape index (κ3) is 6.22. The number of benzene rings is 2. The molecule has 0 spiro atoms. The molecule has 0 heterocycles. The molecule has 0 saturated heterocycles. The number of amides is 2. The lowest BCUT2D eigenvalue weighted by molar-refractivity contribution is 0.0505. The number of urea groups is 1. The van der Waals surface area contributed by atoms with Gasteiger partial charge in [0.1, 0.15) is 11.5 Å². The molecule has 27 heavy (non-hydrogen) atoms. The maximum atomic E-state index is 12.1. The summed E-state index contributed by atoms with van der Waals surface area (Å²) in [5.41, 5.74) is 1.86. The molecule has 2 aromatic carbocycles. The predicted octanol–water partition coefficient (Wildman–Crippen LogP) is 3.59. The zero-order chi connectivity index (χ0) is 19.6. The van der Waals surface area contributed by atoms with Gasteiger partial charge < -0.3 is 24.8 Å². The van der Waals surface area contributed by atoms with Crippen LogP contribution in [0.25, 0.3) is 0 Å². The number of rotatable bonds is 8. The summed E-state index contributed by atoms with van der Waals surface area (Å²) in [6.07, 6.45) is 0.769. The summed E-state index contributed by atoms with van der Waals surface area (Å²) in [5.74, 6) is 0.925. The highest BCUT2D eigenvalue weighted by molar-refractivity contribution is 5.92. The maximum absolute atomic E-state index is 12.1. The van der Waals surface area contributed by atoms with Crippen LogP contribution >= 0.6 is 0 Å². The quantitative estimate of drug-likeness (QED) is 0.692. The number of methoxy groups -OCH3 is 2. The molecule has 0 bridgehead atoms. The van der Waals surface area contributed by atoms with Gasteiger partial charge in [-0.3, -0.25) is 0 Å². The fourth-order valence-corrected chi connectivity index (χ4v) is 2.29. The van der Waals surface area contributed by atoms with E-state index in [0.717, 1.165) is 12.0 Å². The van der Waals surface area contributed by atoms with Gasteiger partial charge in [0.25, 0.3) is 0 Å². The lowest BCUT2D eigenvalue weighted by Crippen LogP contribution is -2.28. The minimum atomic E-state index is -0.375. The number of ether oxygens (including phenoxy) is 3. The monoisotopic (exact) mass is 372 g/mol. The van der Waals surface area contributed by atoms with E-state index in [0.29, 0.717) is 35.9 Å². The van der Waals surface area contributed by atoms with Crippen LogP contribution in [-0.4, -0.2) is 32.8 Å². The Morgan fingerprint density at radius 1 is 0.963 bits per heavy atom. The van der Waals surface area contributed by atoms with E-state index in [1.807, 2.05) is 19.1 Å². The predicted molar refractivity (Wildman–Crippen MR) is 102 cm³/mol. The van der Waals surface area contributed by atoms with Crippen molar-refractivity contribution in [2.24, 2.45) is 0 Å². The van der Waals surface area contributed by atoms with E-state index in [2.05, 4.69) is 10.6 Å². The van der Waals surface area contributed by atoms with Gasteiger partial charge in [0, 0.05) is 18.3 Å². The molecule has 144 valence electrons. The molecule has 0 fully saturated rings. The number of hydrogen-bond acceptors (Lipinski definition) is 5. The molecule has 0 aliphatic rings. The second-order valence-electron chi connectivity index (χ2n) is 5.74. The lowest BCUT2D eigenvalue weighted by atomic mass is 10.2. The summed E-state index contributed by atoms with van der Waals surface area (Å²) in [6, 6.07) is 11.6. The maximum Gasteiger partial charge on any atom is 0.338 e. The van der Waals surface area contributed by atoms with Crippen molar-refractivity contribution in [1.29, 1.82) is 0 Å². The van der Waals surface area contributed by atoms with Crippen molar-refractivity contribution in [1.82, 2.24) is 5.32 Å². The van der Waals surface area contributed by atoms with Crippen LogP contribution in [0.1, 0.15) is 29.3 Å². The van der Waals surface area contributed by atoms with Gasteiger partial charge in [0.2, 0.25) is 0 Å². The van der Waals surface area contributed by atoms with E-state index < -0.39 is 0 Å². The van der Waals surface area contributed by atoms with Crippen molar-refractivity contribution in [2.45, 2.75) is 19.9 Å². The summed E-state index contributed by atoms with van der Waals surface area (Å²) < 4.78 is 15.5. The van der Waals surface area contributed by atoms with Crippen LogP contribution < -0.4 is 20.1 Å². The molecule has 0 aromatic heterocycles. The molecule has 7 heteroatoms. The second kappa shape index (κ2) is 10.1. The standard InChI is InChI=1S/C20H24N2O5/c1-4-9-27-19(23)15-5-7-16(8-6-15)22-20(24)21-13-14-10-17(25-2)12-18(11-14)26-3/h5-8,10-12H,4,9,13H2,1-3H3,(H2,21,22,24). The van der Waals surface area contributed by atoms with Gasteiger partial charge in [-0.15, -0.1) is 0 Å². The number of carbonyl (C=O) groups excluding carboxylic acids is 2. The van der Waals surface area contributed by atoms with E-state index in [1.54, 1.807) is 44.6 Å². The molecule has 2 amide bonds. The van der Waals surface area contributed by atoms with Crippen LogP contribution in [0.3, 0.4) is 0 Å². The van der Waals surface area contributed by atoms with Gasteiger partial charge in [-0.05, 0) is 48.4 Å². The fraction of sp³-hybridized carbons (Fsp3) is 0.300. The number of carbonyl (C=O) groups is 2. The zero-order valence-electron chi connectivity index (χ0n) is 15.7. The van der Waals surface area contributed by atoms with Crippen LogP contribution in [0.5, 0.6) is 11.5 Å². The first-order valence-corrected chi connectivity index (χ1v) is 8.59. The Bertz CT molecular complexity index is 752. The van der Waals surface area contributed by atoms with Gasteiger partial charge in [-0.25, -0.2) is 9.59 Å². The molecule has 2 aromatic rings. The Morgan fingerprint density at radius 3 is 2.15 bits per heavy atom. The van der Waals surface area contributed by atoms with Gasteiger partial charge in [-0.1, -0.05) is 6.92 Å². The van der Waals surface area contributed by atoms with E-state index in [9.17, 15) is 9.59 Å². The third-order valence-electron chi connectivity index (χ3n) is 3.68. The smallest absolute Gasteiger partial charge is 0.338 e. The van der Waals surface area contributed by atoms with E-state index in [1.165, 1.54) is 0 Å². The van der Waals surface area contributed by atoms with Gasteiger partial charge in [0.15, 0.2) is 0 Å².